The van der Waals surface area contributed by atoms with Gasteiger partial charge in [-0.3, -0.25) is 4.79 Å². The zero-order valence-corrected chi connectivity index (χ0v) is 12.2. The first-order valence-electron chi connectivity index (χ1n) is 6.18. The number of hydrogen-bond donors (Lipinski definition) is 3. The lowest BCUT2D eigenvalue weighted by atomic mass is 10.3. The first-order valence-corrected chi connectivity index (χ1v) is 7.17. The van der Waals surface area contributed by atoms with Crippen molar-refractivity contribution in [2.75, 3.05) is 12.3 Å². The average Bonchev–Trinajstić information content (AvgIpc) is 2.76. The largest absolute Gasteiger partial charge is 0.481 e. The second kappa shape index (κ2) is 6.44. The maximum Gasteiger partial charge on any atom is 0.313 e. The molecule has 0 unspecified atom stereocenters. The van der Waals surface area contributed by atoms with Crippen LogP contribution >= 0.6 is 11.8 Å². The van der Waals surface area contributed by atoms with Crippen LogP contribution in [0.1, 0.15) is 5.56 Å². The molecule has 0 saturated heterocycles. The number of nitrogens with zero attached hydrogens (tertiary/aromatic N) is 3. The number of hydrogen-bond acceptors (Lipinski definition) is 5. The van der Waals surface area contributed by atoms with Crippen LogP contribution in [0, 0.1) is 6.92 Å². The predicted octanol–water partition coefficient (Wildman–Crippen LogP) is 0.585. The van der Waals surface area contributed by atoms with Gasteiger partial charge in [0.25, 0.3) is 0 Å². The Morgan fingerprint density at radius 1 is 1.52 bits per heavy atom. The third-order valence-electron chi connectivity index (χ3n) is 2.76. The van der Waals surface area contributed by atoms with Gasteiger partial charge in [0.1, 0.15) is 5.52 Å². The summed E-state index contributed by atoms with van der Waals surface area (Å²) in [5, 5.41) is 11.8. The number of pyridine rings is 1. The maximum atomic E-state index is 10.7. The van der Waals surface area contributed by atoms with Gasteiger partial charge in [0, 0.05) is 19.3 Å². The first kappa shape index (κ1) is 15.1. The molecule has 0 aliphatic carbocycles. The summed E-state index contributed by atoms with van der Waals surface area (Å²) in [5.74, 6) is -1.01. The second-order valence-electron chi connectivity index (χ2n) is 4.32. The molecule has 2 heterocycles. The number of fused-ring (bicyclic) bond motifs is 1. The molecule has 0 atom stereocenters. The Hall–Kier alpha value is -2.29. The van der Waals surface area contributed by atoms with E-state index in [-0.39, 0.29) is 5.75 Å². The molecule has 0 radical (unpaired) electrons. The SMILES string of the molecule is Cc1ccnc2c1nc(SCC(=O)O)n2CCNC(N)=O. The number of nitrogens with one attached hydrogen (secondary N) is 1. The molecule has 0 aliphatic rings. The molecule has 2 amide bonds. The lowest BCUT2D eigenvalue weighted by Gasteiger charge is -2.07. The van der Waals surface area contributed by atoms with Crippen LogP contribution in [0.2, 0.25) is 0 Å². The van der Waals surface area contributed by atoms with Crippen molar-refractivity contribution in [3.63, 3.8) is 0 Å². The normalized spacial score (nSPS) is 10.7. The maximum absolute atomic E-state index is 10.7. The van der Waals surface area contributed by atoms with Crippen LogP contribution in [0.15, 0.2) is 17.4 Å². The van der Waals surface area contributed by atoms with Crippen molar-refractivity contribution in [1.29, 1.82) is 0 Å². The Labute approximate surface area is 124 Å². The fourth-order valence-corrected chi connectivity index (χ4v) is 2.59. The number of carboxylic acids is 1. The van der Waals surface area contributed by atoms with E-state index < -0.39 is 12.0 Å². The van der Waals surface area contributed by atoms with Gasteiger partial charge in [-0.15, -0.1) is 0 Å². The van der Waals surface area contributed by atoms with E-state index in [1.807, 2.05) is 13.0 Å². The summed E-state index contributed by atoms with van der Waals surface area (Å²) in [6.07, 6.45) is 1.67. The third-order valence-corrected chi connectivity index (χ3v) is 3.72. The molecule has 0 aliphatic heterocycles. The number of aromatic nitrogens is 3. The molecule has 2 rings (SSSR count). The molecular formula is C12H15N5O3S. The van der Waals surface area contributed by atoms with Crippen molar-refractivity contribution in [3.05, 3.63) is 17.8 Å². The average molecular weight is 309 g/mol. The minimum atomic E-state index is -0.918. The van der Waals surface area contributed by atoms with Gasteiger partial charge in [-0.2, -0.15) is 0 Å². The summed E-state index contributed by atoms with van der Waals surface area (Å²) in [6, 6.07) is 1.23. The first-order chi connectivity index (χ1) is 9.99. The monoisotopic (exact) mass is 309 g/mol. The fourth-order valence-electron chi connectivity index (χ4n) is 1.85. The molecule has 9 heteroatoms. The van der Waals surface area contributed by atoms with Gasteiger partial charge in [0.05, 0.1) is 5.75 Å². The fraction of sp³-hybridized carbons (Fsp3) is 0.333. The number of imidazole rings is 1. The molecule has 112 valence electrons. The minimum absolute atomic E-state index is 0.0916. The van der Waals surface area contributed by atoms with E-state index >= 15 is 0 Å². The number of amides is 2. The van der Waals surface area contributed by atoms with Crippen molar-refractivity contribution in [2.45, 2.75) is 18.6 Å². The number of aliphatic carboxylic acids is 1. The van der Waals surface area contributed by atoms with E-state index in [1.165, 1.54) is 0 Å². The van der Waals surface area contributed by atoms with E-state index in [9.17, 15) is 9.59 Å². The highest BCUT2D eigenvalue weighted by atomic mass is 32.2. The number of aryl methyl sites for hydroxylation is 1. The Morgan fingerprint density at radius 3 is 2.95 bits per heavy atom. The molecule has 0 saturated carbocycles. The van der Waals surface area contributed by atoms with E-state index in [0.29, 0.717) is 23.9 Å². The molecule has 21 heavy (non-hydrogen) atoms. The highest BCUT2D eigenvalue weighted by Gasteiger charge is 2.15. The van der Waals surface area contributed by atoms with Crippen molar-refractivity contribution >= 4 is 34.9 Å². The molecule has 0 aromatic carbocycles. The van der Waals surface area contributed by atoms with Crippen molar-refractivity contribution in [1.82, 2.24) is 19.9 Å². The van der Waals surface area contributed by atoms with Crippen molar-refractivity contribution in [3.8, 4) is 0 Å². The second-order valence-corrected chi connectivity index (χ2v) is 5.26. The topological polar surface area (TPSA) is 123 Å². The van der Waals surface area contributed by atoms with Crippen molar-refractivity contribution in [2.24, 2.45) is 5.73 Å². The van der Waals surface area contributed by atoms with Gasteiger partial charge >= 0.3 is 12.0 Å². The molecule has 0 fully saturated rings. The zero-order chi connectivity index (χ0) is 15.4. The Morgan fingerprint density at radius 2 is 2.29 bits per heavy atom. The molecule has 0 spiro atoms. The number of carbonyl (C=O) groups excluding carboxylic acids is 1. The van der Waals surface area contributed by atoms with Crippen LogP contribution in [0.4, 0.5) is 4.79 Å². The van der Waals surface area contributed by atoms with E-state index in [2.05, 4.69) is 15.3 Å². The van der Waals surface area contributed by atoms with Crippen LogP contribution in [0.3, 0.4) is 0 Å². The molecule has 2 aromatic heterocycles. The smallest absolute Gasteiger partial charge is 0.313 e. The van der Waals surface area contributed by atoms with E-state index in [1.54, 1.807) is 10.8 Å². The Bertz CT molecular complexity index is 685. The Kier molecular flexibility index (Phi) is 4.63. The molecule has 0 bridgehead atoms. The van der Waals surface area contributed by atoms with Gasteiger partial charge in [-0.1, -0.05) is 11.8 Å². The number of nitrogens with two attached hydrogens (primary N) is 1. The number of primary amides is 1. The quantitative estimate of drug-likeness (QED) is 0.671. The number of carboxylic acid groups (broad SMARTS) is 1. The number of thioether (sulfide) groups is 1. The van der Waals surface area contributed by atoms with Gasteiger partial charge < -0.3 is 20.7 Å². The van der Waals surface area contributed by atoms with E-state index in [4.69, 9.17) is 10.8 Å². The van der Waals surface area contributed by atoms with Crippen LogP contribution in [-0.2, 0) is 11.3 Å². The van der Waals surface area contributed by atoms with Crippen LogP contribution in [0.5, 0.6) is 0 Å². The van der Waals surface area contributed by atoms with Gasteiger partial charge in [0.2, 0.25) is 0 Å². The number of urea groups is 1. The third kappa shape index (κ3) is 3.63. The van der Waals surface area contributed by atoms with Gasteiger partial charge in [-0.05, 0) is 18.6 Å². The van der Waals surface area contributed by atoms with Crippen molar-refractivity contribution < 1.29 is 14.7 Å². The standard InChI is InChI=1S/C12H15N5O3S/c1-7-2-3-14-10-9(7)16-12(21-6-8(18)19)17(10)5-4-15-11(13)20/h2-3H,4-6H2,1H3,(H,18,19)(H3,13,15,20). The highest BCUT2D eigenvalue weighted by Crippen LogP contribution is 2.24. The number of rotatable bonds is 6. The summed E-state index contributed by atoms with van der Waals surface area (Å²) >= 11 is 1.12. The van der Waals surface area contributed by atoms with E-state index in [0.717, 1.165) is 22.8 Å². The van der Waals surface area contributed by atoms with Crippen LogP contribution < -0.4 is 11.1 Å². The van der Waals surface area contributed by atoms with Crippen LogP contribution in [-0.4, -0.2) is 43.9 Å². The lowest BCUT2D eigenvalue weighted by molar-refractivity contribution is -0.133. The molecule has 2 aromatic rings. The summed E-state index contributed by atoms with van der Waals surface area (Å²) in [7, 11) is 0. The zero-order valence-electron chi connectivity index (χ0n) is 11.4. The van der Waals surface area contributed by atoms with Crippen LogP contribution in [0.25, 0.3) is 11.2 Å². The molecular weight excluding hydrogens is 294 g/mol. The predicted molar refractivity (Wildman–Crippen MR) is 78.2 cm³/mol. The highest BCUT2D eigenvalue weighted by molar-refractivity contribution is 7.99. The molecule has 4 N–H and O–H groups in total. The minimum Gasteiger partial charge on any atom is -0.481 e. The Balaban J connectivity index is 2.32. The molecule has 8 nitrogen and oxygen atoms in total. The summed E-state index contributed by atoms with van der Waals surface area (Å²) in [5.41, 5.74) is 7.38. The summed E-state index contributed by atoms with van der Waals surface area (Å²) in [4.78, 5) is 30.2. The summed E-state index contributed by atoms with van der Waals surface area (Å²) in [6.45, 7) is 2.64. The van der Waals surface area contributed by atoms with Gasteiger partial charge in [-0.25, -0.2) is 14.8 Å². The van der Waals surface area contributed by atoms with Gasteiger partial charge in [0.15, 0.2) is 10.8 Å². The lowest BCUT2D eigenvalue weighted by Crippen LogP contribution is -2.32. The summed E-state index contributed by atoms with van der Waals surface area (Å²) < 4.78 is 1.78. The number of carbonyl (C=O) groups is 2.